The number of carbonyl (C=O) groups excluding carboxylic acids is 1. The van der Waals surface area contributed by atoms with Gasteiger partial charge in [0.15, 0.2) is 0 Å². The van der Waals surface area contributed by atoms with Crippen LogP contribution in [0, 0.1) is 19.7 Å². The van der Waals surface area contributed by atoms with Gasteiger partial charge in [0, 0.05) is 11.1 Å². The molecule has 106 valence electrons. The number of hydrogen-bond donors (Lipinski definition) is 2. The van der Waals surface area contributed by atoms with Crippen LogP contribution in [-0.4, -0.2) is 5.91 Å². The summed E-state index contributed by atoms with van der Waals surface area (Å²) in [6, 6.07) is 5.66. The minimum Gasteiger partial charge on any atom is -0.466 e. The van der Waals surface area contributed by atoms with Gasteiger partial charge in [-0.05, 0) is 45.0 Å². The Bertz CT molecular complexity index is 649. The molecule has 3 N–H and O–H groups in total. The van der Waals surface area contributed by atoms with Crippen molar-refractivity contribution < 1.29 is 13.6 Å². The molecule has 1 unspecified atom stereocenters. The predicted octanol–water partition coefficient (Wildman–Crippen LogP) is 3.11. The molecule has 0 radical (unpaired) electrons. The predicted molar refractivity (Wildman–Crippen MR) is 74.9 cm³/mol. The third-order valence-electron chi connectivity index (χ3n) is 3.16. The molecule has 0 bridgehead atoms. The zero-order valence-corrected chi connectivity index (χ0v) is 11.7. The minimum atomic E-state index is -0.597. The van der Waals surface area contributed by atoms with Crippen LogP contribution in [0.3, 0.4) is 0 Å². The highest BCUT2D eigenvalue weighted by Gasteiger charge is 2.16. The number of furan rings is 1. The maximum atomic E-state index is 13.3. The quantitative estimate of drug-likeness (QED) is 0.846. The molecule has 4 nitrogen and oxygen atoms in total. The van der Waals surface area contributed by atoms with Gasteiger partial charge < -0.3 is 15.5 Å². The zero-order chi connectivity index (χ0) is 14.9. The first-order chi connectivity index (χ1) is 9.38. The minimum absolute atomic E-state index is 0.0240. The molecule has 2 rings (SSSR count). The van der Waals surface area contributed by atoms with E-state index >= 15 is 0 Å². The molecular formula is C15H17FN2O2. The van der Waals surface area contributed by atoms with Crippen LogP contribution in [0.5, 0.6) is 0 Å². The topological polar surface area (TPSA) is 68.3 Å². The van der Waals surface area contributed by atoms with Crippen molar-refractivity contribution >= 4 is 11.6 Å². The second kappa shape index (κ2) is 5.36. The summed E-state index contributed by atoms with van der Waals surface area (Å²) in [6.07, 6.45) is 0. The lowest BCUT2D eigenvalue weighted by Gasteiger charge is -2.13. The molecule has 20 heavy (non-hydrogen) atoms. The molecule has 1 aromatic heterocycles. The van der Waals surface area contributed by atoms with Gasteiger partial charge in [-0.3, -0.25) is 4.79 Å². The van der Waals surface area contributed by atoms with Crippen molar-refractivity contribution in [2.45, 2.75) is 26.8 Å². The highest BCUT2D eigenvalue weighted by Crippen LogP contribution is 2.21. The van der Waals surface area contributed by atoms with Gasteiger partial charge in [-0.15, -0.1) is 0 Å². The van der Waals surface area contributed by atoms with Gasteiger partial charge in [-0.1, -0.05) is 0 Å². The van der Waals surface area contributed by atoms with Crippen molar-refractivity contribution in [3.63, 3.8) is 0 Å². The van der Waals surface area contributed by atoms with Crippen LogP contribution in [0.25, 0.3) is 0 Å². The normalized spacial score (nSPS) is 12.2. The second-order valence-electron chi connectivity index (χ2n) is 4.80. The largest absolute Gasteiger partial charge is 0.466 e. The number of aryl methyl sites for hydroxylation is 2. The van der Waals surface area contributed by atoms with Crippen molar-refractivity contribution in [2.24, 2.45) is 0 Å². The van der Waals surface area contributed by atoms with E-state index in [9.17, 15) is 9.18 Å². The van der Waals surface area contributed by atoms with E-state index in [0.29, 0.717) is 0 Å². The van der Waals surface area contributed by atoms with Crippen LogP contribution in [0.15, 0.2) is 28.7 Å². The lowest BCUT2D eigenvalue weighted by molar-refractivity contribution is 0.0939. The average Bonchev–Trinajstić information content (AvgIpc) is 2.71. The number of halogens is 1. The average molecular weight is 276 g/mol. The number of rotatable bonds is 3. The van der Waals surface area contributed by atoms with E-state index in [2.05, 4.69) is 5.32 Å². The molecular weight excluding hydrogens is 259 g/mol. The van der Waals surface area contributed by atoms with E-state index in [0.717, 1.165) is 23.2 Å². The first kappa shape index (κ1) is 14.1. The van der Waals surface area contributed by atoms with Gasteiger partial charge >= 0.3 is 0 Å². The van der Waals surface area contributed by atoms with Crippen LogP contribution in [0.4, 0.5) is 10.1 Å². The molecule has 0 spiro atoms. The van der Waals surface area contributed by atoms with Crippen molar-refractivity contribution in [2.75, 3.05) is 5.73 Å². The first-order valence-electron chi connectivity index (χ1n) is 6.31. The fourth-order valence-corrected chi connectivity index (χ4v) is 2.11. The Morgan fingerprint density at radius 2 is 2.05 bits per heavy atom. The highest BCUT2D eigenvalue weighted by molar-refractivity contribution is 5.94. The van der Waals surface area contributed by atoms with Crippen LogP contribution < -0.4 is 11.1 Å². The Kier molecular flexibility index (Phi) is 3.79. The van der Waals surface area contributed by atoms with Gasteiger partial charge in [-0.2, -0.15) is 0 Å². The van der Waals surface area contributed by atoms with Gasteiger partial charge in [0.2, 0.25) is 0 Å². The highest BCUT2D eigenvalue weighted by atomic mass is 19.1. The number of nitrogens with two attached hydrogens (primary N) is 1. The lowest BCUT2D eigenvalue weighted by atomic mass is 10.1. The zero-order valence-electron chi connectivity index (χ0n) is 11.7. The molecule has 0 saturated heterocycles. The van der Waals surface area contributed by atoms with Crippen LogP contribution in [0.1, 0.15) is 40.4 Å². The molecule has 0 aliphatic rings. The molecule has 5 heteroatoms. The summed E-state index contributed by atoms with van der Waals surface area (Å²) in [5.74, 6) is 0.603. The summed E-state index contributed by atoms with van der Waals surface area (Å²) in [7, 11) is 0. The van der Waals surface area contributed by atoms with Crippen molar-refractivity contribution in [1.82, 2.24) is 5.32 Å². The fraction of sp³-hybridized carbons (Fsp3) is 0.267. The molecule has 0 aliphatic heterocycles. The Morgan fingerprint density at radius 1 is 1.35 bits per heavy atom. The number of nitrogens with one attached hydrogen (secondary N) is 1. The van der Waals surface area contributed by atoms with E-state index in [1.807, 2.05) is 26.8 Å². The summed E-state index contributed by atoms with van der Waals surface area (Å²) in [5.41, 5.74) is 6.56. The van der Waals surface area contributed by atoms with Crippen molar-refractivity contribution in [3.05, 3.63) is 52.7 Å². The Labute approximate surface area is 116 Å². The van der Waals surface area contributed by atoms with Crippen LogP contribution >= 0.6 is 0 Å². The van der Waals surface area contributed by atoms with E-state index in [1.54, 1.807) is 0 Å². The number of benzene rings is 1. The molecule has 2 aromatic rings. The standard InChI is InChI=1S/C15H17FN2O2/c1-8-6-12(10(3)20-8)9(2)18-15(19)11-4-5-14(17)13(16)7-11/h4-7,9H,17H2,1-3H3,(H,18,19). The summed E-state index contributed by atoms with van der Waals surface area (Å²) in [5, 5.41) is 2.81. The van der Waals surface area contributed by atoms with E-state index in [1.165, 1.54) is 12.1 Å². The molecule has 1 atom stereocenters. The third kappa shape index (κ3) is 2.82. The lowest BCUT2D eigenvalue weighted by Crippen LogP contribution is -2.26. The molecule has 1 aromatic carbocycles. The number of hydrogen-bond acceptors (Lipinski definition) is 3. The second-order valence-corrected chi connectivity index (χ2v) is 4.80. The maximum Gasteiger partial charge on any atom is 0.251 e. The molecule has 0 saturated carbocycles. The fourth-order valence-electron chi connectivity index (χ4n) is 2.11. The maximum absolute atomic E-state index is 13.3. The summed E-state index contributed by atoms with van der Waals surface area (Å²) < 4.78 is 18.8. The molecule has 0 fully saturated rings. The van der Waals surface area contributed by atoms with Crippen LogP contribution in [0.2, 0.25) is 0 Å². The number of carbonyl (C=O) groups is 1. The van der Waals surface area contributed by atoms with Gasteiger partial charge in [0.25, 0.3) is 5.91 Å². The Balaban J connectivity index is 2.15. The van der Waals surface area contributed by atoms with Gasteiger partial charge in [-0.25, -0.2) is 4.39 Å². The summed E-state index contributed by atoms with van der Waals surface area (Å²) in [6.45, 7) is 5.54. The summed E-state index contributed by atoms with van der Waals surface area (Å²) >= 11 is 0. The van der Waals surface area contributed by atoms with E-state index in [-0.39, 0.29) is 23.2 Å². The molecule has 1 heterocycles. The van der Waals surface area contributed by atoms with E-state index < -0.39 is 5.82 Å². The van der Waals surface area contributed by atoms with Gasteiger partial charge in [0.05, 0.1) is 11.7 Å². The van der Waals surface area contributed by atoms with Crippen molar-refractivity contribution in [3.8, 4) is 0 Å². The van der Waals surface area contributed by atoms with Crippen molar-refractivity contribution in [1.29, 1.82) is 0 Å². The first-order valence-corrected chi connectivity index (χ1v) is 6.31. The Hall–Kier alpha value is -2.30. The molecule has 0 aliphatic carbocycles. The number of amides is 1. The monoisotopic (exact) mass is 276 g/mol. The summed E-state index contributed by atoms with van der Waals surface area (Å²) in [4.78, 5) is 12.1. The molecule has 1 amide bonds. The SMILES string of the molecule is Cc1cc(C(C)NC(=O)c2ccc(N)c(F)c2)c(C)o1. The van der Waals surface area contributed by atoms with Gasteiger partial charge in [0.1, 0.15) is 17.3 Å². The van der Waals surface area contributed by atoms with E-state index in [4.69, 9.17) is 10.2 Å². The van der Waals surface area contributed by atoms with Crippen LogP contribution in [-0.2, 0) is 0 Å². The third-order valence-corrected chi connectivity index (χ3v) is 3.16. The number of nitrogen functional groups attached to an aromatic ring is 1. The Morgan fingerprint density at radius 3 is 2.60 bits per heavy atom. The number of anilines is 1. The smallest absolute Gasteiger partial charge is 0.251 e.